The highest BCUT2D eigenvalue weighted by molar-refractivity contribution is 6.29. The van der Waals surface area contributed by atoms with Gasteiger partial charge < -0.3 is 5.32 Å². The zero-order valence-corrected chi connectivity index (χ0v) is 9.69. The first-order valence-corrected chi connectivity index (χ1v) is 5.42. The number of carbonyl (C=O) groups excluding carboxylic acids is 1. The first kappa shape index (κ1) is 11.5. The molecule has 0 bridgehead atoms. The number of halogens is 1. The van der Waals surface area contributed by atoms with E-state index in [1.54, 1.807) is 30.6 Å². The number of rotatable bonds is 3. The fraction of sp³-hybridized carbons (Fsp3) is 0.0833. The molecule has 0 spiro atoms. The lowest BCUT2D eigenvalue weighted by molar-refractivity contribution is 0.0950. The van der Waals surface area contributed by atoms with Crippen LogP contribution in [0.4, 0.5) is 0 Å². The van der Waals surface area contributed by atoms with Gasteiger partial charge in [-0.2, -0.15) is 0 Å². The molecule has 0 fully saturated rings. The first-order valence-electron chi connectivity index (χ1n) is 5.04. The van der Waals surface area contributed by atoms with E-state index in [4.69, 9.17) is 11.6 Å². The molecule has 0 aromatic carbocycles. The Hall–Kier alpha value is -1.94. The zero-order valence-electron chi connectivity index (χ0n) is 8.93. The van der Waals surface area contributed by atoms with E-state index in [1.807, 2.05) is 6.07 Å². The molecule has 0 unspecified atom stereocenters. The van der Waals surface area contributed by atoms with Crippen molar-refractivity contribution in [3.05, 3.63) is 59.1 Å². The number of aromatic nitrogens is 2. The standard InChI is InChI=1S/C12H10ClN3O/c13-11-4-3-9(6-15-11)7-16-12(17)10-2-1-5-14-8-10/h1-6,8H,7H2,(H,16,17). The molecule has 5 heteroatoms. The van der Waals surface area contributed by atoms with Gasteiger partial charge in [-0.05, 0) is 23.8 Å². The second-order valence-corrected chi connectivity index (χ2v) is 3.80. The van der Waals surface area contributed by atoms with Gasteiger partial charge in [-0.15, -0.1) is 0 Å². The summed E-state index contributed by atoms with van der Waals surface area (Å²) in [6.07, 6.45) is 4.78. The Balaban J connectivity index is 1.95. The summed E-state index contributed by atoms with van der Waals surface area (Å²) >= 11 is 5.66. The number of hydrogen-bond donors (Lipinski definition) is 1. The van der Waals surface area contributed by atoms with E-state index < -0.39 is 0 Å². The Morgan fingerprint density at radius 1 is 1.29 bits per heavy atom. The van der Waals surface area contributed by atoms with Gasteiger partial charge in [-0.1, -0.05) is 17.7 Å². The van der Waals surface area contributed by atoms with Crippen molar-refractivity contribution in [3.63, 3.8) is 0 Å². The minimum absolute atomic E-state index is 0.159. The molecule has 2 aromatic heterocycles. The molecule has 86 valence electrons. The van der Waals surface area contributed by atoms with Crippen LogP contribution in [-0.4, -0.2) is 15.9 Å². The van der Waals surface area contributed by atoms with E-state index in [9.17, 15) is 4.79 Å². The predicted molar refractivity (Wildman–Crippen MR) is 64.7 cm³/mol. The van der Waals surface area contributed by atoms with Crippen molar-refractivity contribution < 1.29 is 4.79 Å². The summed E-state index contributed by atoms with van der Waals surface area (Å²) in [6.45, 7) is 0.415. The minimum atomic E-state index is -0.159. The van der Waals surface area contributed by atoms with Gasteiger partial charge in [0, 0.05) is 25.1 Å². The summed E-state index contributed by atoms with van der Waals surface area (Å²) in [4.78, 5) is 19.5. The van der Waals surface area contributed by atoms with Crippen LogP contribution in [0.2, 0.25) is 5.15 Å². The number of pyridine rings is 2. The Morgan fingerprint density at radius 2 is 2.18 bits per heavy atom. The smallest absolute Gasteiger partial charge is 0.253 e. The van der Waals surface area contributed by atoms with Crippen LogP contribution in [0.5, 0.6) is 0 Å². The van der Waals surface area contributed by atoms with Crippen molar-refractivity contribution in [3.8, 4) is 0 Å². The maximum absolute atomic E-state index is 11.7. The molecule has 4 nitrogen and oxygen atoms in total. The third kappa shape index (κ3) is 3.26. The molecule has 0 saturated heterocycles. The molecule has 0 radical (unpaired) electrons. The highest BCUT2D eigenvalue weighted by Crippen LogP contribution is 2.05. The van der Waals surface area contributed by atoms with Gasteiger partial charge in [0.05, 0.1) is 5.56 Å². The van der Waals surface area contributed by atoms with E-state index in [0.717, 1.165) is 5.56 Å². The molecule has 1 amide bonds. The average Bonchev–Trinajstić information content (AvgIpc) is 2.39. The molecule has 2 aromatic rings. The van der Waals surface area contributed by atoms with Crippen LogP contribution in [0, 0.1) is 0 Å². The number of nitrogens with one attached hydrogen (secondary N) is 1. The Bertz CT molecular complexity index is 499. The maximum atomic E-state index is 11.7. The highest BCUT2D eigenvalue weighted by Gasteiger charge is 2.04. The molecule has 0 aliphatic rings. The maximum Gasteiger partial charge on any atom is 0.253 e. The Kier molecular flexibility index (Phi) is 3.67. The van der Waals surface area contributed by atoms with Crippen LogP contribution < -0.4 is 5.32 Å². The van der Waals surface area contributed by atoms with Crippen LogP contribution in [0.25, 0.3) is 0 Å². The third-order valence-electron chi connectivity index (χ3n) is 2.17. The molecule has 0 aliphatic carbocycles. The molecule has 0 atom stereocenters. The molecule has 2 heterocycles. The van der Waals surface area contributed by atoms with Crippen LogP contribution in [0.3, 0.4) is 0 Å². The Labute approximate surface area is 104 Å². The number of nitrogens with zero attached hydrogens (tertiary/aromatic N) is 2. The minimum Gasteiger partial charge on any atom is -0.348 e. The molecule has 17 heavy (non-hydrogen) atoms. The van der Waals surface area contributed by atoms with Gasteiger partial charge in [0.1, 0.15) is 5.15 Å². The Morgan fingerprint density at radius 3 is 2.82 bits per heavy atom. The normalized spacial score (nSPS) is 9.94. The van der Waals surface area contributed by atoms with Gasteiger partial charge in [0.25, 0.3) is 5.91 Å². The lowest BCUT2D eigenvalue weighted by atomic mass is 10.2. The second kappa shape index (κ2) is 5.41. The van der Waals surface area contributed by atoms with Crippen molar-refractivity contribution >= 4 is 17.5 Å². The molecular formula is C12H10ClN3O. The third-order valence-corrected chi connectivity index (χ3v) is 2.39. The fourth-order valence-corrected chi connectivity index (χ4v) is 1.40. The van der Waals surface area contributed by atoms with E-state index >= 15 is 0 Å². The molecular weight excluding hydrogens is 238 g/mol. The summed E-state index contributed by atoms with van der Waals surface area (Å²) in [5.41, 5.74) is 1.43. The summed E-state index contributed by atoms with van der Waals surface area (Å²) in [6, 6.07) is 6.94. The topological polar surface area (TPSA) is 54.9 Å². The second-order valence-electron chi connectivity index (χ2n) is 3.41. The average molecular weight is 248 g/mol. The highest BCUT2D eigenvalue weighted by atomic mass is 35.5. The summed E-state index contributed by atoms with van der Waals surface area (Å²) in [7, 11) is 0. The van der Waals surface area contributed by atoms with Gasteiger partial charge in [0.2, 0.25) is 0 Å². The van der Waals surface area contributed by atoms with Crippen LogP contribution in [0.1, 0.15) is 15.9 Å². The van der Waals surface area contributed by atoms with Crippen molar-refractivity contribution in [1.82, 2.24) is 15.3 Å². The number of amides is 1. The monoisotopic (exact) mass is 247 g/mol. The van der Waals surface area contributed by atoms with Gasteiger partial charge >= 0.3 is 0 Å². The SMILES string of the molecule is O=C(NCc1ccc(Cl)nc1)c1cccnc1. The summed E-state index contributed by atoms with van der Waals surface area (Å²) in [5, 5.41) is 3.21. The predicted octanol–water partition coefficient (Wildman–Crippen LogP) is 2.06. The van der Waals surface area contributed by atoms with Crippen LogP contribution in [-0.2, 0) is 6.54 Å². The first-order chi connectivity index (χ1) is 8.25. The molecule has 0 saturated carbocycles. The van der Waals surface area contributed by atoms with E-state index in [1.165, 1.54) is 6.20 Å². The van der Waals surface area contributed by atoms with Crippen molar-refractivity contribution in [2.75, 3.05) is 0 Å². The number of carbonyl (C=O) groups is 1. The van der Waals surface area contributed by atoms with Gasteiger partial charge in [-0.25, -0.2) is 4.98 Å². The van der Waals surface area contributed by atoms with Crippen LogP contribution in [0.15, 0.2) is 42.9 Å². The summed E-state index contributed by atoms with van der Waals surface area (Å²) in [5.74, 6) is -0.159. The van der Waals surface area contributed by atoms with E-state index in [0.29, 0.717) is 17.3 Å². The van der Waals surface area contributed by atoms with Gasteiger partial charge in [0.15, 0.2) is 0 Å². The fourth-order valence-electron chi connectivity index (χ4n) is 1.29. The van der Waals surface area contributed by atoms with Crippen molar-refractivity contribution in [2.24, 2.45) is 0 Å². The largest absolute Gasteiger partial charge is 0.348 e. The summed E-state index contributed by atoms with van der Waals surface area (Å²) < 4.78 is 0. The molecule has 2 rings (SSSR count). The number of hydrogen-bond acceptors (Lipinski definition) is 3. The lowest BCUT2D eigenvalue weighted by Gasteiger charge is -2.04. The van der Waals surface area contributed by atoms with Gasteiger partial charge in [-0.3, -0.25) is 9.78 Å². The van der Waals surface area contributed by atoms with Crippen molar-refractivity contribution in [1.29, 1.82) is 0 Å². The van der Waals surface area contributed by atoms with Crippen molar-refractivity contribution in [2.45, 2.75) is 6.54 Å². The van der Waals surface area contributed by atoms with Crippen LogP contribution >= 0.6 is 11.6 Å². The zero-order chi connectivity index (χ0) is 12.1. The lowest BCUT2D eigenvalue weighted by Crippen LogP contribution is -2.22. The molecule has 1 N–H and O–H groups in total. The van der Waals surface area contributed by atoms with E-state index in [-0.39, 0.29) is 5.91 Å². The van der Waals surface area contributed by atoms with E-state index in [2.05, 4.69) is 15.3 Å². The molecule has 0 aliphatic heterocycles. The quantitative estimate of drug-likeness (QED) is 0.845.